The minimum Gasteiger partial charge on any atom is -0.347 e. The SMILES string of the molecule is O=C(c1cccs1)c1ccc(CNC(=O)c2ccc(F)cc2Cl)s1. The lowest BCUT2D eigenvalue weighted by molar-refractivity contribution is 0.0951. The zero-order valence-electron chi connectivity index (χ0n) is 12.2. The summed E-state index contributed by atoms with van der Waals surface area (Å²) in [4.78, 5) is 26.5. The Labute approximate surface area is 150 Å². The fourth-order valence-corrected chi connectivity index (χ4v) is 3.96. The lowest BCUT2D eigenvalue weighted by atomic mass is 10.2. The minimum atomic E-state index is -0.494. The van der Waals surface area contributed by atoms with Gasteiger partial charge in [-0.1, -0.05) is 17.7 Å². The van der Waals surface area contributed by atoms with Crippen molar-refractivity contribution in [3.05, 3.63) is 78.9 Å². The maximum atomic E-state index is 13.0. The van der Waals surface area contributed by atoms with E-state index in [0.717, 1.165) is 10.9 Å². The van der Waals surface area contributed by atoms with Crippen molar-refractivity contribution in [3.8, 4) is 0 Å². The van der Waals surface area contributed by atoms with Gasteiger partial charge in [-0.25, -0.2) is 4.39 Å². The van der Waals surface area contributed by atoms with E-state index in [1.165, 1.54) is 34.8 Å². The smallest absolute Gasteiger partial charge is 0.253 e. The molecule has 1 N–H and O–H groups in total. The number of nitrogens with one attached hydrogen (secondary N) is 1. The molecule has 122 valence electrons. The second kappa shape index (κ2) is 7.25. The van der Waals surface area contributed by atoms with Crippen LogP contribution < -0.4 is 5.32 Å². The first kappa shape index (κ1) is 16.8. The number of benzene rings is 1. The van der Waals surface area contributed by atoms with Crippen LogP contribution in [0.4, 0.5) is 4.39 Å². The summed E-state index contributed by atoms with van der Waals surface area (Å²) in [5, 5.41) is 4.64. The predicted molar refractivity (Wildman–Crippen MR) is 94.7 cm³/mol. The van der Waals surface area contributed by atoms with Crippen LogP contribution in [0.5, 0.6) is 0 Å². The van der Waals surface area contributed by atoms with Gasteiger partial charge in [-0.2, -0.15) is 0 Å². The highest BCUT2D eigenvalue weighted by atomic mass is 35.5. The van der Waals surface area contributed by atoms with Gasteiger partial charge in [0, 0.05) is 4.88 Å². The van der Waals surface area contributed by atoms with Crippen LogP contribution in [0.3, 0.4) is 0 Å². The Hall–Kier alpha value is -2.02. The van der Waals surface area contributed by atoms with E-state index < -0.39 is 5.82 Å². The van der Waals surface area contributed by atoms with Crippen LogP contribution in [0.25, 0.3) is 0 Å². The third-order valence-electron chi connectivity index (χ3n) is 3.23. The molecule has 0 saturated heterocycles. The molecule has 7 heteroatoms. The molecular weight excluding hydrogens is 369 g/mol. The molecule has 3 nitrogen and oxygen atoms in total. The molecule has 3 rings (SSSR count). The van der Waals surface area contributed by atoms with E-state index in [-0.39, 0.29) is 28.8 Å². The highest BCUT2D eigenvalue weighted by molar-refractivity contribution is 7.16. The molecule has 3 aromatic rings. The predicted octanol–water partition coefficient (Wildman–Crippen LogP) is 4.76. The molecule has 2 heterocycles. The topological polar surface area (TPSA) is 46.2 Å². The molecule has 2 aromatic heterocycles. The van der Waals surface area contributed by atoms with Gasteiger partial charge in [0.05, 0.1) is 26.9 Å². The second-order valence-corrected chi connectivity index (χ2v) is 7.40. The lowest BCUT2D eigenvalue weighted by Gasteiger charge is -2.05. The monoisotopic (exact) mass is 379 g/mol. The first-order valence-electron chi connectivity index (χ1n) is 6.95. The molecule has 0 aliphatic carbocycles. The van der Waals surface area contributed by atoms with Crippen LogP contribution in [0.2, 0.25) is 5.02 Å². The average molecular weight is 380 g/mol. The standard InChI is InChI=1S/C17H11ClFNO2S2/c18-13-8-10(19)3-5-12(13)17(22)20-9-11-4-6-15(24-11)16(21)14-2-1-7-23-14/h1-8H,9H2,(H,20,22). The molecule has 0 aliphatic rings. The first-order valence-corrected chi connectivity index (χ1v) is 9.02. The zero-order chi connectivity index (χ0) is 17.1. The van der Waals surface area contributed by atoms with Crippen molar-refractivity contribution in [1.29, 1.82) is 0 Å². The Bertz CT molecular complexity index is 890. The number of halogens is 2. The maximum Gasteiger partial charge on any atom is 0.253 e. The second-order valence-electron chi connectivity index (χ2n) is 4.88. The van der Waals surface area contributed by atoms with Gasteiger partial charge in [-0.15, -0.1) is 22.7 Å². The molecule has 1 amide bonds. The van der Waals surface area contributed by atoms with Gasteiger partial charge < -0.3 is 5.32 Å². The number of amides is 1. The fourth-order valence-electron chi connectivity index (χ4n) is 2.06. The zero-order valence-corrected chi connectivity index (χ0v) is 14.6. The Morgan fingerprint density at radius 1 is 1.12 bits per heavy atom. The molecule has 1 aromatic carbocycles. The van der Waals surface area contributed by atoms with Crippen LogP contribution in [0.15, 0.2) is 47.8 Å². The molecule has 0 spiro atoms. The third kappa shape index (κ3) is 3.72. The van der Waals surface area contributed by atoms with Gasteiger partial charge >= 0.3 is 0 Å². The maximum absolute atomic E-state index is 13.0. The van der Waals surface area contributed by atoms with E-state index in [9.17, 15) is 14.0 Å². The lowest BCUT2D eigenvalue weighted by Crippen LogP contribution is -2.22. The number of rotatable bonds is 5. The first-order chi connectivity index (χ1) is 11.5. The summed E-state index contributed by atoms with van der Waals surface area (Å²) in [6.07, 6.45) is 0. The van der Waals surface area contributed by atoms with Crippen molar-refractivity contribution < 1.29 is 14.0 Å². The molecule has 0 atom stereocenters. The van der Waals surface area contributed by atoms with E-state index in [1.807, 2.05) is 11.4 Å². The normalized spacial score (nSPS) is 10.6. The quantitative estimate of drug-likeness (QED) is 0.649. The summed E-state index contributed by atoms with van der Waals surface area (Å²) in [6, 6.07) is 10.8. The highest BCUT2D eigenvalue weighted by Gasteiger charge is 2.14. The van der Waals surface area contributed by atoms with Crippen LogP contribution >= 0.6 is 34.3 Å². The number of carbonyl (C=O) groups is 2. The van der Waals surface area contributed by atoms with Crippen molar-refractivity contribution in [2.75, 3.05) is 0 Å². The van der Waals surface area contributed by atoms with Crippen LogP contribution in [0.1, 0.15) is 29.8 Å². The van der Waals surface area contributed by atoms with Gasteiger partial charge in [-0.3, -0.25) is 9.59 Å². The molecule has 0 unspecified atom stereocenters. The summed E-state index contributed by atoms with van der Waals surface area (Å²) in [7, 11) is 0. The average Bonchev–Trinajstić information content (AvgIpc) is 3.24. The van der Waals surface area contributed by atoms with E-state index in [4.69, 9.17) is 11.6 Å². The summed E-state index contributed by atoms with van der Waals surface area (Å²) in [5.41, 5.74) is 0.213. The van der Waals surface area contributed by atoms with Gasteiger partial charge in [-0.05, 0) is 41.8 Å². The minimum absolute atomic E-state index is 0.0193. The van der Waals surface area contributed by atoms with Crippen LogP contribution in [-0.2, 0) is 6.54 Å². The summed E-state index contributed by atoms with van der Waals surface area (Å²) in [5.74, 6) is -0.903. The summed E-state index contributed by atoms with van der Waals surface area (Å²) >= 11 is 8.60. The van der Waals surface area contributed by atoms with Gasteiger partial charge in [0.1, 0.15) is 5.82 Å². The third-order valence-corrected chi connectivity index (χ3v) is 5.49. The van der Waals surface area contributed by atoms with Crippen molar-refractivity contribution in [1.82, 2.24) is 5.32 Å². The molecular formula is C17H11ClFNO2S2. The molecule has 0 radical (unpaired) electrons. The highest BCUT2D eigenvalue weighted by Crippen LogP contribution is 2.23. The van der Waals surface area contributed by atoms with E-state index in [1.54, 1.807) is 18.2 Å². The number of thiophene rings is 2. The van der Waals surface area contributed by atoms with Crippen molar-refractivity contribution in [2.24, 2.45) is 0 Å². The number of hydrogen-bond acceptors (Lipinski definition) is 4. The largest absolute Gasteiger partial charge is 0.347 e. The number of ketones is 1. The van der Waals surface area contributed by atoms with E-state index in [2.05, 4.69) is 5.32 Å². The van der Waals surface area contributed by atoms with Crippen LogP contribution in [0, 0.1) is 5.82 Å². The summed E-state index contributed by atoms with van der Waals surface area (Å²) in [6.45, 7) is 0.273. The van der Waals surface area contributed by atoms with Crippen LogP contribution in [-0.4, -0.2) is 11.7 Å². The molecule has 0 fully saturated rings. The van der Waals surface area contributed by atoms with Gasteiger partial charge in [0.25, 0.3) is 5.91 Å². The molecule has 0 saturated carbocycles. The van der Waals surface area contributed by atoms with Gasteiger partial charge in [0.15, 0.2) is 0 Å². The Kier molecular flexibility index (Phi) is 5.08. The Morgan fingerprint density at radius 3 is 2.67 bits per heavy atom. The number of hydrogen-bond donors (Lipinski definition) is 1. The molecule has 0 aliphatic heterocycles. The van der Waals surface area contributed by atoms with Gasteiger partial charge in [0.2, 0.25) is 5.78 Å². The number of carbonyl (C=O) groups excluding carboxylic acids is 2. The Balaban J connectivity index is 1.65. The van der Waals surface area contributed by atoms with E-state index >= 15 is 0 Å². The van der Waals surface area contributed by atoms with Crippen molar-refractivity contribution in [2.45, 2.75) is 6.54 Å². The molecule has 24 heavy (non-hydrogen) atoms. The van der Waals surface area contributed by atoms with Crippen molar-refractivity contribution >= 4 is 46.0 Å². The summed E-state index contributed by atoms with van der Waals surface area (Å²) < 4.78 is 13.0. The fraction of sp³-hybridized carbons (Fsp3) is 0.0588. The van der Waals surface area contributed by atoms with E-state index in [0.29, 0.717) is 9.75 Å². The Morgan fingerprint density at radius 2 is 1.96 bits per heavy atom. The van der Waals surface area contributed by atoms with Crippen molar-refractivity contribution in [3.63, 3.8) is 0 Å². The molecule has 0 bridgehead atoms.